The van der Waals surface area contributed by atoms with Gasteiger partial charge in [0.15, 0.2) is 0 Å². The molecule has 2 aliphatic carbocycles. The summed E-state index contributed by atoms with van der Waals surface area (Å²) in [5, 5.41) is 9.24. The smallest absolute Gasteiger partial charge is 0.326 e. The topological polar surface area (TPSA) is 81.8 Å². The SMILES string of the molecule is COC1CCCC(OCC(N)(C(=O)O)C2CC2)C1. The molecule has 0 aromatic carbocycles. The summed E-state index contributed by atoms with van der Waals surface area (Å²) < 4.78 is 11.1. The van der Waals surface area contributed by atoms with Gasteiger partial charge in [-0.05, 0) is 44.4 Å². The lowest BCUT2D eigenvalue weighted by molar-refractivity contribution is -0.149. The van der Waals surface area contributed by atoms with Crippen LogP contribution in [-0.4, -0.2) is 42.5 Å². The number of methoxy groups -OCH3 is 1. The largest absolute Gasteiger partial charge is 0.480 e. The zero-order valence-electron chi connectivity index (χ0n) is 10.9. The van der Waals surface area contributed by atoms with Gasteiger partial charge in [-0.15, -0.1) is 0 Å². The van der Waals surface area contributed by atoms with Gasteiger partial charge in [-0.2, -0.15) is 0 Å². The summed E-state index contributed by atoms with van der Waals surface area (Å²) in [6, 6.07) is 0. The highest BCUT2D eigenvalue weighted by Crippen LogP contribution is 2.39. The van der Waals surface area contributed by atoms with Crippen molar-refractivity contribution in [3.8, 4) is 0 Å². The minimum Gasteiger partial charge on any atom is -0.480 e. The van der Waals surface area contributed by atoms with Crippen LogP contribution in [0.25, 0.3) is 0 Å². The van der Waals surface area contributed by atoms with Crippen molar-refractivity contribution in [2.45, 2.75) is 56.3 Å². The minimum absolute atomic E-state index is 0.0804. The molecule has 2 saturated carbocycles. The van der Waals surface area contributed by atoms with Crippen LogP contribution in [0, 0.1) is 5.92 Å². The molecule has 0 amide bonds. The summed E-state index contributed by atoms with van der Waals surface area (Å²) in [5.74, 6) is -0.860. The highest BCUT2D eigenvalue weighted by Gasteiger charge is 2.49. The normalized spacial score (nSPS) is 31.9. The summed E-state index contributed by atoms with van der Waals surface area (Å²) in [6.07, 6.45) is 6.07. The molecule has 0 aliphatic heterocycles. The van der Waals surface area contributed by atoms with E-state index >= 15 is 0 Å². The van der Waals surface area contributed by atoms with Crippen molar-refractivity contribution in [1.82, 2.24) is 0 Å². The summed E-state index contributed by atoms with van der Waals surface area (Å²) in [5.41, 5.74) is 4.78. The van der Waals surface area contributed by atoms with Crippen LogP contribution >= 0.6 is 0 Å². The van der Waals surface area contributed by atoms with Crippen LogP contribution in [0.5, 0.6) is 0 Å². The fourth-order valence-corrected chi connectivity index (χ4v) is 2.68. The molecule has 5 heteroatoms. The standard InChI is InChI=1S/C13H23NO4/c1-17-10-3-2-4-11(7-10)18-8-13(14,12(15)16)9-5-6-9/h9-11H,2-8,14H2,1H3,(H,15,16). The number of nitrogens with two attached hydrogens (primary N) is 1. The third kappa shape index (κ3) is 3.02. The third-order valence-electron chi connectivity index (χ3n) is 4.17. The van der Waals surface area contributed by atoms with Gasteiger partial charge < -0.3 is 20.3 Å². The second-order valence-corrected chi connectivity index (χ2v) is 5.58. The maximum absolute atomic E-state index is 11.3. The molecular formula is C13H23NO4. The van der Waals surface area contributed by atoms with E-state index in [2.05, 4.69) is 0 Å². The zero-order chi connectivity index (χ0) is 13.2. The molecule has 0 aromatic heterocycles. The van der Waals surface area contributed by atoms with Crippen molar-refractivity contribution in [1.29, 1.82) is 0 Å². The number of hydrogen-bond donors (Lipinski definition) is 2. The molecule has 0 radical (unpaired) electrons. The number of carbonyl (C=O) groups is 1. The quantitative estimate of drug-likeness (QED) is 0.746. The van der Waals surface area contributed by atoms with E-state index in [-0.39, 0.29) is 24.7 Å². The van der Waals surface area contributed by atoms with E-state index in [1.807, 2.05) is 0 Å². The summed E-state index contributed by atoms with van der Waals surface area (Å²) >= 11 is 0. The minimum atomic E-state index is -1.19. The van der Waals surface area contributed by atoms with Crippen molar-refractivity contribution < 1.29 is 19.4 Å². The van der Waals surface area contributed by atoms with E-state index in [4.69, 9.17) is 15.2 Å². The highest BCUT2D eigenvalue weighted by molar-refractivity contribution is 5.79. The van der Waals surface area contributed by atoms with Crippen molar-refractivity contribution in [3.05, 3.63) is 0 Å². The van der Waals surface area contributed by atoms with Gasteiger partial charge >= 0.3 is 5.97 Å². The highest BCUT2D eigenvalue weighted by atomic mass is 16.5. The lowest BCUT2D eigenvalue weighted by Crippen LogP contribution is -2.54. The Hall–Kier alpha value is -0.650. The van der Waals surface area contributed by atoms with E-state index in [0.29, 0.717) is 0 Å². The monoisotopic (exact) mass is 257 g/mol. The molecule has 2 fully saturated rings. The van der Waals surface area contributed by atoms with E-state index < -0.39 is 11.5 Å². The molecule has 0 bridgehead atoms. The third-order valence-corrected chi connectivity index (χ3v) is 4.17. The zero-order valence-corrected chi connectivity index (χ0v) is 10.9. The average Bonchev–Trinajstić information content (AvgIpc) is 3.20. The summed E-state index contributed by atoms with van der Waals surface area (Å²) in [7, 11) is 1.71. The molecule has 3 atom stereocenters. The van der Waals surface area contributed by atoms with Gasteiger partial charge in [0.05, 0.1) is 18.8 Å². The molecule has 0 spiro atoms. The molecule has 2 rings (SSSR count). The lowest BCUT2D eigenvalue weighted by atomic mass is 9.93. The average molecular weight is 257 g/mol. The predicted molar refractivity (Wildman–Crippen MR) is 66.3 cm³/mol. The Morgan fingerprint density at radius 2 is 2.00 bits per heavy atom. The Labute approximate surface area is 108 Å². The molecule has 5 nitrogen and oxygen atoms in total. The van der Waals surface area contributed by atoms with E-state index in [0.717, 1.165) is 38.5 Å². The molecular weight excluding hydrogens is 234 g/mol. The lowest BCUT2D eigenvalue weighted by Gasteiger charge is -2.31. The van der Waals surface area contributed by atoms with Crippen molar-refractivity contribution in [2.75, 3.05) is 13.7 Å². The van der Waals surface area contributed by atoms with Gasteiger partial charge in [0.1, 0.15) is 5.54 Å². The van der Waals surface area contributed by atoms with Crippen molar-refractivity contribution in [3.63, 3.8) is 0 Å². The van der Waals surface area contributed by atoms with E-state index in [1.165, 1.54) is 0 Å². The summed E-state index contributed by atoms with van der Waals surface area (Å²) in [6.45, 7) is 0.119. The van der Waals surface area contributed by atoms with Gasteiger partial charge in [-0.1, -0.05) is 0 Å². The first-order chi connectivity index (χ1) is 8.56. The Balaban J connectivity index is 1.84. The van der Waals surface area contributed by atoms with Gasteiger partial charge in [-0.25, -0.2) is 0 Å². The van der Waals surface area contributed by atoms with Crippen LogP contribution in [-0.2, 0) is 14.3 Å². The maximum atomic E-state index is 11.3. The van der Waals surface area contributed by atoms with Gasteiger partial charge in [-0.3, -0.25) is 4.79 Å². The number of rotatable bonds is 6. The first-order valence-electron chi connectivity index (χ1n) is 6.73. The summed E-state index contributed by atoms with van der Waals surface area (Å²) in [4.78, 5) is 11.3. The van der Waals surface area contributed by atoms with Crippen molar-refractivity contribution in [2.24, 2.45) is 11.7 Å². The second kappa shape index (κ2) is 5.55. The van der Waals surface area contributed by atoms with Crippen molar-refractivity contribution >= 4 is 5.97 Å². The first-order valence-corrected chi connectivity index (χ1v) is 6.73. The predicted octanol–water partition coefficient (Wildman–Crippen LogP) is 1.15. The molecule has 3 N–H and O–H groups in total. The Bertz CT molecular complexity index is 305. The molecule has 18 heavy (non-hydrogen) atoms. The second-order valence-electron chi connectivity index (χ2n) is 5.58. The Kier molecular flexibility index (Phi) is 4.25. The molecule has 3 unspecified atom stereocenters. The number of aliphatic carboxylic acids is 1. The van der Waals surface area contributed by atoms with Crippen LogP contribution < -0.4 is 5.73 Å². The van der Waals surface area contributed by atoms with Crippen LogP contribution in [0.4, 0.5) is 0 Å². The first kappa shape index (κ1) is 13.8. The molecule has 0 aromatic rings. The van der Waals surface area contributed by atoms with Gasteiger partial charge in [0.25, 0.3) is 0 Å². The number of carboxylic acid groups (broad SMARTS) is 1. The van der Waals surface area contributed by atoms with E-state index in [9.17, 15) is 9.90 Å². The van der Waals surface area contributed by atoms with Gasteiger partial charge in [0.2, 0.25) is 0 Å². The Morgan fingerprint density at radius 1 is 1.33 bits per heavy atom. The fraction of sp³-hybridized carbons (Fsp3) is 0.923. The van der Waals surface area contributed by atoms with Crippen LogP contribution in [0.15, 0.2) is 0 Å². The van der Waals surface area contributed by atoms with Gasteiger partial charge in [0, 0.05) is 7.11 Å². The molecule has 104 valence electrons. The van der Waals surface area contributed by atoms with Crippen LogP contribution in [0.3, 0.4) is 0 Å². The van der Waals surface area contributed by atoms with Crippen LogP contribution in [0.2, 0.25) is 0 Å². The molecule has 2 aliphatic rings. The van der Waals surface area contributed by atoms with E-state index in [1.54, 1.807) is 7.11 Å². The van der Waals surface area contributed by atoms with Crippen LogP contribution in [0.1, 0.15) is 38.5 Å². The molecule has 0 saturated heterocycles. The fourth-order valence-electron chi connectivity index (χ4n) is 2.68. The molecule has 0 heterocycles. The Morgan fingerprint density at radius 3 is 2.56 bits per heavy atom. The number of hydrogen-bond acceptors (Lipinski definition) is 4. The number of ether oxygens (including phenoxy) is 2. The number of carboxylic acids is 1. The maximum Gasteiger partial charge on any atom is 0.326 e.